The van der Waals surface area contributed by atoms with E-state index >= 15 is 0 Å². The molecule has 122 valence electrons. The summed E-state index contributed by atoms with van der Waals surface area (Å²) < 4.78 is 1.82. The van der Waals surface area contributed by atoms with Crippen LogP contribution in [0, 0.1) is 0 Å². The number of likely N-dealkylation sites (tertiary alicyclic amines) is 1. The number of rotatable bonds is 5. The summed E-state index contributed by atoms with van der Waals surface area (Å²) in [7, 11) is 0. The number of hydrogen-bond donors (Lipinski definition) is 1. The number of aromatic nitrogens is 2. The van der Waals surface area contributed by atoms with Crippen molar-refractivity contribution < 1.29 is 9.90 Å². The number of amides is 1. The molecule has 1 atom stereocenters. The van der Waals surface area contributed by atoms with Crippen molar-refractivity contribution in [3.63, 3.8) is 0 Å². The van der Waals surface area contributed by atoms with E-state index in [0.29, 0.717) is 18.3 Å². The Bertz CT molecular complexity index is 639. The first kappa shape index (κ1) is 15.6. The summed E-state index contributed by atoms with van der Waals surface area (Å²) in [6.45, 7) is 1.21. The van der Waals surface area contributed by atoms with Crippen LogP contribution in [0.2, 0.25) is 0 Å². The smallest absolute Gasteiger partial charge is 0.242 e. The summed E-state index contributed by atoms with van der Waals surface area (Å²) in [6, 6.07) is 7.68. The van der Waals surface area contributed by atoms with E-state index in [1.54, 1.807) is 24.7 Å². The number of aromatic hydroxyl groups is 1. The zero-order chi connectivity index (χ0) is 16.1. The van der Waals surface area contributed by atoms with E-state index in [9.17, 15) is 9.90 Å². The number of phenolic OH excluding ortho intramolecular Hbond substituents is 1. The van der Waals surface area contributed by atoms with E-state index in [2.05, 4.69) is 4.98 Å². The lowest BCUT2D eigenvalue weighted by Gasteiger charge is -2.36. The zero-order valence-corrected chi connectivity index (χ0v) is 13.3. The van der Waals surface area contributed by atoms with Gasteiger partial charge in [0.1, 0.15) is 12.3 Å². The van der Waals surface area contributed by atoms with Gasteiger partial charge in [-0.1, -0.05) is 12.1 Å². The topological polar surface area (TPSA) is 58.4 Å². The average molecular weight is 313 g/mol. The Morgan fingerprint density at radius 1 is 1.35 bits per heavy atom. The minimum absolute atomic E-state index is 0.170. The summed E-state index contributed by atoms with van der Waals surface area (Å²) in [5.74, 6) is 0.475. The fourth-order valence-corrected chi connectivity index (χ4v) is 3.30. The average Bonchev–Trinajstić information content (AvgIpc) is 3.06. The minimum atomic E-state index is 0.170. The summed E-state index contributed by atoms with van der Waals surface area (Å²) in [5, 5.41) is 9.56. The molecule has 0 saturated carbocycles. The van der Waals surface area contributed by atoms with E-state index in [4.69, 9.17) is 0 Å². The molecule has 0 radical (unpaired) electrons. The summed E-state index contributed by atoms with van der Waals surface area (Å²) >= 11 is 0. The number of hydrogen-bond acceptors (Lipinski definition) is 3. The predicted octanol–water partition coefficient (Wildman–Crippen LogP) is 2.60. The van der Waals surface area contributed by atoms with Crippen molar-refractivity contribution in [3.8, 4) is 5.75 Å². The fraction of sp³-hybridized carbons (Fsp3) is 0.444. The molecule has 1 fully saturated rings. The van der Waals surface area contributed by atoms with E-state index in [1.807, 2.05) is 27.8 Å². The van der Waals surface area contributed by atoms with Crippen molar-refractivity contribution in [2.24, 2.45) is 0 Å². The molecule has 23 heavy (non-hydrogen) atoms. The molecular weight excluding hydrogens is 290 g/mol. The first-order valence-electron chi connectivity index (χ1n) is 8.25. The zero-order valence-electron chi connectivity index (χ0n) is 13.3. The maximum atomic E-state index is 12.6. The maximum Gasteiger partial charge on any atom is 0.242 e. The highest BCUT2D eigenvalue weighted by Gasteiger charge is 2.26. The number of aryl methyl sites for hydroxylation is 1. The predicted molar refractivity (Wildman–Crippen MR) is 88.0 cm³/mol. The van der Waals surface area contributed by atoms with Crippen molar-refractivity contribution >= 4 is 5.91 Å². The third-order valence-corrected chi connectivity index (χ3v) is 4.50. The Morgan fingerprint density at radius 3 is 3.04 bits per heavy atom. The van der Waals surface area contributed by atoms with Crippen LogP contribution in [0.5, 0.6) is 5.75 Å². The van der Waals surface area contributed by atoms with E-state index < -0.39 is 0 Å². The molecule has 0 aliphatic carbocycles. The van der Waals surface area contributed by atoms with Gasteiger partial charge in [0.15, 0.2) is 0 Å². The molecule has 3 rings (SSSR count). The molecule has 0 unspecified atom stereocenters. The number of carbonyl (C=O) groups excluding carboxylic acids is 1. The highest BCUT2D eigenvalue weighted by atomic mass is 16.3. The first-order valence-corrected chi connectivity index (χ1v) is 8.25. The van der Waals surface area contributed by atoms with Crippen molar-refractivity contribution in [1.82, 2.24) is 14.5 Å². The van der Waals surface area contributed by atoms with Crippen molar-refractivity contribution in [2.45, 2.75) is 44.7 Å². The van der Waals surface area contributed by atoms with Crippen LogP contribution >= 0.6 is 0 Å². The van der Waals surface area contributed by atoms with E-state index in [-0.39, 0.29) is 5.91 Å². The standard InChI is InChI=1S/C18H23N3O2/c22-17-6-3-4-15(12-17)7-8-16-5-1-2-10-21(16)18(23)13-20-11-9-19-14-20/h3-4,6,9,11-12,14,16,22H,1-2,5,7-8,10,13H2/t16-/m0/s1. The number of imidazole rings is 1. The van der Waals surface area contributed by atoms with Crippen LogP contribution < -0.4 is 0 Å². The van der Waals surface area contributed by atoms with Gasteiger partial charge in [-0.15, -0.1) is 0 Å². The Labute approximate surface area is 136 Å². The molecule has 5 nitrogen and oxygen atoms in total. The van der Waals surface area contributed by atoms with Gasteiger partial charge >= 0.3 is 0 Å². The monoisotopic (exact) mass is 313 g/mol. The second-order valence-electron chi connectivity index (χ2n) is 6.18. The summed E-state index contributed by atoms with van der Waals surface area (Å²) in [6.07, 6.45) is 10.4. The molecule has 2 heterocycles. The Morgan fingerprint density at radius 2 is 2.26 bits per heavy atom. The SMILES string of the molecule is O=C(Cn1ccnc1)N1CCCC[C@H]1CCc1cccc(O)c1. The first-order chi connectivity index (χ1) is 11.2. The summed E-state index contributed by atoms with van der Waals surface area (Å²) in [5.41, 5.74) is 1.12. The Balaban J connectivity index is 1.60. The molecule has 1 aliphatic heterocycles. The molecule has 1 amide bonds. The molecular formula is C18H23N3O2. The molecule has 1 aromatic heterocycles. The quantitative estimate of drug-likeness (QED) is 0.923. The molecule has 0 bridgehead atoms. The van der Waals surface area contributed by atoms with Gasteiger partial charge in [-0.2, -0.15) is 0 Å². The van der Waals surface area contributed by atoms with Gasteiger partial charge in [-0.05, 0) is 49.8 Å². The third-order valence-electron chi connectivity index (χ3n) is 4.50. The number of carbonyl (C=O) groups is 1. The van der Waals surface area contributed by atoms with Crippen LogP contribution in [0.3, 0.4) is 0 Å². The van der Waals surface area contributed by atoms with Crippen molar-refractivity contribution in [1.29, 1.82) is 0 Å². The molecule has 1 N–H and O–H groups in total. The molecule has 2 aromatic rings. The Kier molecular flexibility index (Phi) is 4.95. The van der Waals surface area contributed by atoms with Gasteiger partial charge in [0.05, 0.1) is 6.33 Å². The van der Waals surface area contributed by atoms with Crippen LogP contribution in [-0.4, -0.2) is 38.1 Å². The van der Waals surface area contributed by atoms with Crippen LogP contribution in [-0.2, 0) is 17.8 Å². The summed E-state index contributed by atoms with van der Waals surface area (Å²) in [4.78, 5) is 18.6. The van der Waals surface area contributed by atoms with E-state index in [1.165, 1.54) is 6.42 Å². The van der Waals surface area contributed by atoms with E-state index in [0.717, 1.165) is 37.8 Å². The van der Waals surface area contributed by atoms with Gasteiger partial charge < -0.3 is 14.6 Å². The lowest BCUT2D eigenvalue weighted by Crippen LogP contribution is -2.45. The minimum Gasteiger partial charge on any atom is -0.508 e. The largest absolute Gasteiger partial charge is 0.508 e. The second-order valence-corrected chi connectivity index (χ2v) is 6.18. The molecule has 1 aromatic carbocycles. The number of phenols is 1. The third kappa shape index (κ3) is 4.12. The molecule has 5 heteroatoms. The van der Waals surface area contributed by atoms with Gasteiger partial charge in [-0.25, -0.2) is 4.98 Å². The number of nitrogens with zero attached hydrogens (tertiary/aromatic N) is 3. The fourth-order valence-electron chi connectivity index (χ4n) is 3.30. The van der Waals surface area contributed by atoms with Gasteiger partial charge in [0, 0.05) is 25.0 Å². The maximum absolute atomic E-state index is 12.6. The Hall–Kier alpha value is -2.30. The van der Waals surface area contributed by atoms with Crippen LogP contribution in [0.15, 0.2) is 43.0 Å². The van der Waals surface area contributed by atoms with Crippen LogP contribution in [0.25, 0.3) is 0 Å². The van der Waals surface area contributed by atoms with Crippen molar-refractivity contribution in [3.05, 3.63) is 48.5 Å². The molecule has 0 spiro atoms. The van der Waals surface area contributed by atoms with Gasteiger partial charge in [0.25, 0.3) is 0 Å². The highest BCUT2D eigenvalue weighted by Crippen LogP contribution is 2.22. The van der Waals surface area contributed by atoms with Crippen LogP contribution in [0.4, 0.5) is 0 Å². The molecule has 1 aliphatic rings. The lowest BCUT2D eigenvalue weighted by atomic mass is 9.95. The lowest BCUT2D eigenvalue weighted by molar-refractivity contribution is -0.135. The van der Waals surface area contributed by atoms with Gasteiger partial charge in [0.2, 0.25) is 5.91 Å². The molecule has 1 saturated heterocycles. The normalized spacial score (nSPS) is 18.1. The van der Waals surface area contributed by atoms with Gasteiger partial charge in [-0.3, -0.25) is 4.79 Å². The number of piperidine rings is 1. The highest BCUT2D eigenvalue weighted by molar-refractivity contribution is 5.76. The van der Waals surface area contributed by atoms with Crippen LogP contribution in [0.1, 0.15) is 31.2 Å². The van der Waals surface area contributed by atoms with Crippen molar-refractivity contribution in [2.75, 3.05) is 6.54 Å². The number of benzene rings is 1. The second kappa shape index (κ2) is 7.31.